The van der Waals surface area contributed by atoms with Crippen LogP contribution in [0.25, 0.3) is 27.2 Å². The second-order valence-corrected chi connectivity index (χ2v) is 6.18. The number of benzene rings is 1. The van der Waals surface area contributed by atoms with E-state index in [1.807, 2.05) is 0 Å². The molecule has 0 aliphatic rings. The lowest BCUT2D eigenvalue weighted by atomic mass is 10.1. The Labute approximate surface area is 151 Å². The number of nitrogens with two attached hydrogens (primary N) is 1. The Balaban J connectivity index is 2.32. The van der Waals surface area contributed by atoms with Crippen molar-refractivity contribution >= 4 is 50.4 Å². The van der Waals surface area contributed by atoms with E-state index in [0.29, 0.717) is 38.5 Å². The van der Waals surface area contributed by atoms with Crippen molar-refractivity contribution in [3.63, 3.8) is 0 Å². The SMILES string of the molecule is CN=CC(=CN)c1cnc2ccc3ccc(NS(=O)O)cc3c(=O)c2c1. The molecule has 0 aliphatic carbocycles. The van der Waals surface area contributed by atoms with Gasteiger partial charge in [0.05, 0.1) is 5.52 Å². The summed E-state index contributed by atoms with van der Waals surface area (Å²) in [5, 5.41) is 1.54. The maximum atomic E-state index is 13.1. The van der Waals surface area contributed by atoms with Crippen LogP contribution < -0.4 is 15.9 Å². The van der Waals surface area contributed by atoms with Crippen LogP contribution in [0.5, 0.6) is 0 Å². The van der Waals surface area contributed by atoms with E-state index in [1.54, 1.807) is 55.9 Å². The topological polar surface area (TPSA) is 118 Å². The molecule has 1 atom stereocenters. The first-order chi connectivity index (χ1) is 12.5. The van der Waals surface area contributed by atoms with Gasteiger partial charge in [0.25, 0.3) is 11.3 Å². The lowest BCUT2D eigenvalue weighted by Crippen LogP contribution is -2.04. The Hall–Kier alpha value is -3.10. The highest BCUT2D eigenvalue weighted by Gasteiger charge is 2.08. The molecule has 0 bridgehead atoms. The third-order valence-electron chi connectivity index (χ3n) is 3.87. The van der Waals surface area contributed by atoms with Gasteiger partial charge >= 0.3 is 0 Å². The summed E-state index contributed by atoms with van der Waals surface area (Å²) in [5.41, 5.74) is 7.64. The molecular weight excluding hydrogens is 352 g/mol. The summed E-state index contributed by atoms with van der Waals surface area (Å²) in [6, 6.07) is 10.2. The lowest BCUT2D eigenvalue weighted by Gasteiger charge is -2.02. The van der Waals surface area contributed by atoms with E-state index in [0.717, 1.165) is 0 Å². The van der Waals surface area contributed by atoms with E-state index in [-0.39, 0.29) is 5.43 Å². The quantitative estimate of drug-likeness (QED) is 0.482. The first kappa shape index (κ1) is 17.7. The van der Waals surface area contributed by atoms with Crippen LogP contribution in [0.4, 0.5) is 5.69 Å². The van der Waals surface area contributed by atoms with Crippen LogP contribution in [0.3, 0.4) is 0 Å². The fraction of sp³-hybridized carbons (Fsp3) is 0.0556. The van der Waals surface area contributed by atoms with Crippen molar-refractivity contribution in [2.45, 2.75) is 0 Å². The fourth-order valence-electron chi connectivity index (χ4n) is 2.68. The number of pyridine rings is 1. The number of allylic oxidation sites excluding steroid dienone is 1. The minimum Gasteiger partial charge on any atom is -0.404 e. The first-order valence-corrected chi connectivity index (χ1v) is 8.73. The van der Waals surface area contributed by atoms with Crippen LogP contribution in [0.1, 0.15) is 5.56 Å². The molecule has 0 aliphatic heterocycles. The van der Waals surface area contributed by atoms with Crippen molar-refractivity contribution in [1.29, 1.82) is 0 Å². The smallest absolute Gasteiger partial charge is 0.259 e. The van der Waals surface area contributed by atoms with Crippen molar-refractivity contribution in [3.05, 3.63) is 64.6 Å². The van der Waals surface area contributed by atoms with Crippen LogP contribution in [0, 0.1) is 0 Å². The number of fused-ring (bicyclic) bond motifs is 2. The molecule has 0 saturated heterocycles. The average Bonchev–Trinajstić information content (AvgIpc) is 2.76. The van der Waals surface area contributed by atoms with Gasteiger partial charge in [0.1, 0.15) is 0 Å². The van der Waals surface area contributed by atoms with Crippen LogP contribution >= 0.6 is 0 Å². The summed E-state index contributed by atoms with van der Waals surface area (Å²) in [7, 11) is 1.63. The summed E-state index contributed by atoms with van der Waals surface area (Å²) in [5.74, 6) is 0. The van der Waals surface area contributed by atoms with Crippen LogP contribution in [0.2, 0.25) is 0 Å². The van der Waals surface area contributed by atoms with E-state index in [2.05, 4.69) is 14.7 Å². The van der Waals surface area contributed by atoms with Gasteiger partial charge in [-0.2, -0.15) is 0 Å². The van der Waals surface area contributed by atoms with Crippen molar-refractivity contribution in [3.8, 4) is 0 Å². The second kappa shape index (κ2) is 7.42. The molecule has 1 unspecified atom stereocenters. The Morgan fingerprint density at radius 1 is 1.27 bits per heavy atom. The zero-order valence-corrected chi connectivity index (χ0v) is 14.7. The summed E-state index contributed by atoms with van der Waals surface area (Å²) in [6.07, 6.45) is 4.63. The Morgan fingerprint density at radius 3 is 2.73 bits per heavy atom. The fourth-order valence-corrected chi connectivity index (χ4v) is 3.01. The number of nitrogens with zero attached hydrogens (tertiary/aromatic N) is 2. The Kier molecular flexibility index (Phi) is 5.06. The Bertz CT molecular complexity index is 1140. The average molecular weight is 368 g/mol. The van der Waals surface area contributed by atoms with Gasteiger partial charge in [-0.15, -0.1) is 0 Å². The predicted octanol–water partition coefficient (Wildman–Crippen LogP) is 2.30. The molecule has 7 nitrogen and oxygen atoms in total. The maximum Gasteiger partial charge on any atom is 0.259 e. The molecule has 4 N–H and O–H groups in total. The number of nitrogens with one attached hydrogen (secondary N) is 1. The van der Waals surface area contributed by atoms with E-state index in [4.69, 9.17) is 10.3 Å². The summed E-state index contributed by atoms with van der Waals surface area (Å²) < 4.78 is 22.3. The van der Waals surface area contributed by atoms with E-state index in [9.17, 15) is 9.00 Å². The lowest BCUT2D eigenvalue weighted by molar-refractivity contribution is 0.570. The molecule has 1 heterocycles. The number of hydrogen-bond acceptors (Lipinski definition) is 5. The molecule has 26 heavy (non-hydrogen) atoms. The number of anilines is 1. The first-order valence-electron chi connectivity index (χ1n) is 7.62. The molecule has 0 spiro atoms. The zero-order valence-electron chi connectivity index (χ0n) is 13.8. The summed E-state index contributed by atoms with van der Waals surface area (Å²) in [6.45, 7) is 0. The molecule has 0 saturated carbocycles. The van der Waals surface area contributed by atoms with Gasteiger partial charge in [-0.05, 0) is 29.7 Å². The molecule has 132 valence electrons. The van der Waals surface area contributed by atoms with Crippen molar-refractivity contribution in [1.82, 2.24) is 4.98 Å². The minimum absolute atomic E-state index is 0.230. The molecule has 0 amide bonds. The van der Waals surface area contributed by atoms with Gasteiger partial charge < -0.3 is 5.73 Å². The monoisotopic (exact) mass is 368 g/mol. The second-order valence-electron chi connectivity index (χ2n) is 5.48. The highest BCUT2D eigenvalue weighted by Crippen LogP contribution is 2.20. The van der Waals surface area contributed by atoms with Crippen molar-refractivity contribution < 1.29 is 8.76 Å². The maximum absolute atomic E-state index is 13.1. The molecule has 3 aromatic rings. The van der Waals surface area contributed by atoms with Gasteiger partial charge in [-0.1, -0.05) is 12.1 Å². The normalized spacial score (nSPS) is 13.4. The molecule has 0 radical (unpaired) electrons. The van der Waals surface area contributed by atoms with Gasteiger partial charge in [-0.25, -0.2) is 4.21 Å². The largest absolute Gasteiger partial charge is 0.404 e. The highest BCUT2D eigenvalue weighted by atomic mass is 32.2. The van der Waals surface area contributed by atoms with Crippen LogP contribution in [0.15, 0.2) is 58.6 Å². The standard InChI is InChI=1S/C18H16N4O3S/c1-20-9-13(8-19)12-6-16-17(21-10-12)5-3-11-2-4-14(22-26(24)25)7-15(11)18(16)23/h2-10,22H,19H2,1H3,(H,24,25). The summed E-state index contributed by atoms with van der Waals surface area (Å²) in [4.78, 5) is 21.4. The molecule has 2 aromatic carbocycles. The van der Waals surface area contributed by atoms with E-state index < -0.39 is 11.3 Å². The molecule has 3 rings (SSSR count). The number of hydrogen-bond donors (Lipinski definition) is 3. The van der Waals surface area contributed by atoms with E-state index >= 15 is 0 Å². The van der Waals surface area contributed by atoms with Crippen molar-refractivity contribution in [2.24, 2.45) is 10.7 Å². The minimum atomic E-state index is -2.22. The van der Waals surface area contributed by atoms with Gasteiger partial charge in [0.2, 0.25) is 0 Å². The van der Waals surface area contributed by atoms with Crippen LogP contribution in [-0.2, 0) is 11.3 Å². The highest BCUT2D eigenvalue weighted by molar-refractivity contribution is 7.80. The number of aromatic nitrogens is 1. The predicted molar refractivity (Wildman–Crippen MR) is 106 cm³/mol. The third kappa shape index (κ3) is 3.46. The van der Waals surface area contributed by atoms with Gasteiger partial charge in [0.15, 0.2) is 5.43 Å². The van der Waals surface area contributed by atoms with E-state index in [1.165, 1.54) is 6.20 Å². The molecular formula is C18H16N4O3S. The van der Waals surface area contributed by atoms with Gasteiger partial charge in [-0.3, -0.25) is 24.0 Å². The molecule has 8 heteroatoms. The Morgan fingerprint density at radius 2 is 2.04 bits per heavy atom. The van der Waals surface area contributed by atoms with Crippen molar-refractivity contribution in [2.75, 3.05) is 11.8 Å². The third-order valence-corrected chi connectivity index (χ3v) is 4.28. The van der Waals surface area contributed by atoms with Crippen LogP contribution in [-0.4, -0.2) is 27.0 Å². The number of aliphatic imine (C=N–C) groups is 1. The molecule has 0 fully saturated rings. The zero-order chi connectivity index (χ0) is 18.7. The summed E-state index contributed by atoms with van der Waals surface area (Å²) >= 11 is -2.22. The number of rotatable bonds is 4. The van der Waals surface area contributed by atoms with Gasteiger partial charge in [0, 0.05) is 53.3 Å². The molecule has 1 aromatic heterocycles.